The molecule has 0 rings (SSSR count). The van der Waals surface area contributed by atoms with Crippen LogP contribution in [-0.4, -0.2) is 27.5 Å². The van der Waals surface area contributed by atoms with Gasteiger partial charge in [-0.25, -0.2) is 8.51 Å². The van der Waals surface area contributed by atoms with E-state index in [1.54, 1.807) is 11.4 Å². The topological polar surface area (TPSA) is 46.3 Å². The number of hydrogen-bond donors (Lipinski definition) is 1. The molecule has 3 nitrogen and oxygen atoms in total. The third-order valence-corrected chi connectivity index (χ3v) is 2.54. The highest BCUT2D eigenvalue weighted by Crippen LogP contribution is 1.96. The van der Waals surface area contributed by atoms with Crippen molar-refractivity contribution in [3.63, 3.8) is 0 Å². The van der Waals surface area contributed by atoms with Crippen molar-refractivity contribution in [2.45, 2.75) is 19.1 Å². The van der Waals surface area contributed by atoms with Gasteiger partial charge < -0.3 is 5.73 Å². The molecule has 0 aromatic rings. The Labute approximate surface area is 58.8 Å². The molecule has 0 radical (unpaired) electrons. The van der Waals surface area contributed by atoms with Crippen LogP contribution < -0.4 is 5.73 Å². The summed E-state index contributed by atoms with van der Waals surface area (Å²) >= 11 is 0. The lowest BCUT2D eigenvalue weighted by atomic mass is 10.6. The fourth-order valence-corrected chi connectivity index (χ4v) is 1.30. The van der Waals surface area contributed by atoms with Gasteiger partial charge in [0.1, 0.15) is 0 Å². The Hall–Kier alpha value is 0.0700. The summed E-state index contributed by atoms with van der Waals surface area (Å²) in [5.74, 6) is 0. The maximum absolute atomic E-state index is 11.0. The van der Waals surface area contributed by atoms with E-state index in [9.17, 15) is 4.21 Å². The van der Waals surface area contributed by atoms with E-state index in [1.165, 1.54) is 0 Å². The second kappa shape index (κ2) is 3.98. The smallest absolute Gasteiger partial charge is 0.0977 e. The molecule has 1 atom stereocenters. The second-order valence-electron chi connectivity index (χ2n) is 2.14. The van der Waals surface area contributed by atoms with Gasteiger partial charge in [0.15, 0.2) is 0 Å². The lowest BCUT2D eigenvalue weighted by molar-refractivity contribution is 0.531. The molecule has 0 spiro atoms. The summed E-state index contributed by atoms with van der Waals surface area (Å²) in [6.07, 6.45) is 0. The Morgan fingerprint density at radius 3 is 2.22 bits per heavy atom. The first-order valence-corrected chi connectivity index (χ1v) is 4.08. The van der Waals surface area contributed by atoms with Crippen molar-refractivity contribution < 1.29 is 4.21 Å². The predicted molar refractivity (Wildman–Crippen MR) is 40.1 cm³/mol. The molecule has 9 heavy (non-hydrogen) atoms. The van der Waals surface area contributed by atoms with Gasteiger partial charge in [-0.15, -0.1) is 0 Å². The number of nitrogens with zero attached hydrogens (tertiary/aromatic N) is 1. The molecule has 0 heterocycles. The van der Waals surface area contributed by atoms with Gasteiger partial charge in [0, 0.05) is 12.3 Å². The van der Waals surface area contributed by atoms with Gasteiger partial charge in [0.25, 0.3) is 0 Å². The highest BCUT2D eigenvalue weighted by molar-refractivity contribution is 7.83. The van der Waals surface area contributed by atoms with Crippen LogP contribution in [0, 0.1) is 0 Å². The zero-order valence-corrected chi connectivity index (χ0v) is 6.94. The maximum atomic E-state index is 11.0. The first-order chi connectivity index (χ1) is 4.09. The van der Waals surface area contributed by atoms with Gasteiger partial charge in [0.05, 0.1) is 17.7 Å². The molecule has 0 saturated heterocycles. The molecule has 1 unspecified atom stereocenters. The monoisotopic (exact) mass is 150 g/mol. The van der Waals surface area contributed by atoms with Crippen molar-refractivity contribution in [2.75, 3.05) is 13.7 Å². The molecule has 0 aliphatic heterocycles. The molecule has 0 bridgehead atoms. The summed E-state index contributed by atoms with van der Waals surface area (Å²) in [4.78, 5) is 0. The highest BCUT2D eigenvalue weighted by Gasteiger charge is 2.08. The van der Waals surface area contributed by atoms with Crippen LogP contribution in [0.15, 0.2) is 0 Å². The first-order valence-electron chi connectivity index (χ1n) is 2.91. The largest absolute Gasteiger partial charge is 0.318 e. The van der Waals surface area contributed by atoms with Crippen molar-refractivity contribution in [3.05, 3.63) is 0 Å². The third kappa shape index (κ3) is 2.93. The quantitative estimate of drug-likeness (QED) is 0.571. The summed E-state index contributed by atoms with van der Waals surface area (Å²) in [6.45, 7) is 4.16. The van der Waals surface area contributed by atoms with Crippen LogP contribution in [0.4, 0.5) is 0 Å². The molecule has 0 aliphatic carbocycles. The Morgan fingerprint density at radius 2 is 2.11 bits per heavy atom. The Morgan fingerprint density at radius 1 is 1.67 bits per heavy atom. The van der Waals surface area contributed by atoms with Gasteiger partial charge in [-0.1, -0.05) is 0 Å². The highest BCUT2D eigenvalue weighted by atomic mass is 32.2. The average molecular weight is 150 g/mol. The van der Waals surface area contributed by atoms with Crippen LogP contribution in [-0.2, 0) is 11.0 Å². The van der Waals surface area contributed by atoms with Gasteiger partial charge in [0.2, 0.25) is 0 Å². The summed E-state index contributed by atoms with van der Waals surface area (Å²) < 4.78 is 12.6. The van der Waals surface area contributed by atoms with Gasteiger partial charge in [-0.05, 0) is 13.8 Å². The molecular weight excluding hydrogens is 136 g/mol. The molecular formula is C5H14N2OS. The Kier molecular flexibility index (Phi) is 4.01. The van der Waals surface area contributed by atoms with E-state index < -0.39 is 11.0 Å². The van der Waals surface area contributed by atoms with E-state index in [1.807, 2.05) is 13.8 Å². The van der Waals surface area contributed by atoms with Crippen molar-refractivity contribution >= 4 is 11.0 Å². The minimum absolute atomic E-state index is 0.165. The first kappa shape index (κ1) is 9.07. The summed E-state index contributed by atoms with van der Waals surface area (Å²) in [6, 6.07) is 0. The summed E-state index contributed by atoms with van der Waals surface area (Å²) in [5, 5.41) is 0.165. The van der Waals surface area contributed by atoms with E-state index in [0.29, 0.717) is 6.67 Å². The van der Waals surface area contributed by atoms with E-state index >= 15 is 0 Å². The van der Waals surface area contributed by atoms with Crippen LogP contribution in [0.2, 0.25) is 0 Å². The zero-order chi connectivity index (χ0) is 7.44. The fourth-order valence-electron chi connectivity index (χ4n) is 0.433. The molecule has 0 fully saturated rings. The van der Waals surface area contributed by atoms with E-state index in [2.05, 4.69) is 0 Å². The maximum Gasteiger partial charge on any atom is 0.0977 e. The fraction of sp³-hybridized carbons (Fsp3) is 1.00. The van der Waals surface area contributed by atoms with E-state index in [-0.39, 0.29) is 5.25 Å². The van der Waals surface area contributed by atoms with Gasteiger partial charge in [-0.2, -0.15) is 0 Å². The van der Waals surface area contributed by atoms with E-state index in [0.717, 1.165) is 0 Å². The Balaban J connectivity index is 3.73. The SMILES string of the molecule is CC(C)S(=O)N(C)CN. The third-order valence-electron chi connectivity index (χ3n) is 0.968. The molecule has 0 aromatic carbocycles. The standard InChI is InChI=1S/C5H14N2OS/c1-5(2)9(8)7(3)4-6/h5H,4,6H2,1-3H3. The van der Waals surface area contributed by atoms with Crippen LogP contribution in [0.5, 0.6) is 0 Å². The van der Waals surface area contributed by atoms with Crippen LogP contribution in [0.1, 0.15) is 13.8 Å². The van der Waals surface area contributed by atoms with Crippen molar-refractivity contribution in [1.29, 1.82) is 0 Å². The lowest BCUT2D eigenvalue weighted by Gasteiger charge is -2.14. The minimum atomic E-state index is -0.908. The number of rotatable bonds is 3. The molecule has 2 N–H and O–H groups in total. The van der Waals surface area contributed by atoms with Crippen LogP contribution in [0.25, 0.3) is 0 Å². The van der Waals surface area contributed by atoms with Crippen LogP contribution >= 0.6 is 0 Å². The summed E-state index contributed by atoms with van der Waals surface area (Å²) in [7, 11) is 0.838. The molecule has 0 aliphatic rings. The Bertz CT molecular complexity index is 105. The second-order valence-corrected chi connectivity index (χ2v) is 4.25. The van der Waals surface area contributed by atoms with E-state index in [4.69, 9.17) is 5.73 Å². The van der Waals surface area contributed by atoms with Gasteiger partial charge >= 0.3 is 0 Å². The lowest BCUT2D eigenvalue weighted by Crippen LogP contribution is -2.31. The average Bonchev–Trinajstić information content (AvgIpc) is 1.84. The normalized spacial score (nSPS) is 14.9. The zero-order valence-electron chi connectivity index (χ0n) is 6.13. The number of hydrogen-bond acceptors (Lipinski definition) is 2. The van der Waals surface area contributed by atoms with Crippen LogP contribution in [0.3, 0.4) is 0 Å². The van der Waals surface area contributed by atoms with Gasteiger partial charge in [-0.3, -0.25) is 0 Å². The minimum Gasteiger partial charge on any atom is -0.318 e. The van der Waals surface area contributed by atoms with Crippen molar-refractivity contribution in [3.8, 4) is 0 Å². The predicted octanol–water partition coefficient (Wildman–Crippen LogP) is -0.0935. The van der Waals surface area contributed by atoms with Crippen molar-refractivity contribution in [1.82, 2.24) is 4.31 Å². The molecule has 0 aromatic heterocycles. The molecule has 0 amide bonds. The molecule has 0 saturated carbocycles. The van der Waals surface area contributed by atoms with Crippen molar-refractivity contribution in [2.24, 2.45) is 5.73 Å². The molecule has 56 valence electrons. The molecule has 4 heteroatoms. The summed E-state index contributed by atoms with van der Waals surface area (Å²) in [5.41, 5.74) is 5.24. The number of nitrogens with two attached hydrogens (primary N) is 1.